The largest absolute Gasteiger partial charge is 0.460 e. The molecule has 7 nitrogen and oxygen atoms in total. The fraction of sp³-hybridized carbons (Fsp3) is 0.444. The normalized spacial score (nSPS) is 17.5. The van der Waals surface area contributed by atoms with Gasteiger partial charge in [-0.25, -0.2) is 0 Å². The third kappa shape index (κ3) is 7.42. The highest BCUT2D eigenvalue weighted by Crippen LogP contribution is 2.19. The monoisotopic (exact) mass is 465 g/mol. The first-order valence-corrected chi connectivity index (χ1v) is 12.0. The second kappa shape index (κ2) is 12.9. The molecule has 2 aromatic rings. The van der Waals surface area contributed by atoms with Gasteiger partial charge in [-0.05, 0) is 36.4 Å². The summed E-state index contributed by atoms with van der Waals surface area (Å²) in [5, 5.41) is 5.91. The molecule has 3 atom stereocenters. The van der Waals surface area contributed by atoms with Gasteiger partial charge in [0.05, 0.1) is 12.6 Å². The van der Waals surface area contributed by atoms with Crippen LogP contribution in [0.5, 0.6) is 0 Å². The van der Waals surface area contributed by atoms with E-state index in [0.717, 1.165) is 24.0 Å². The minimum absolute atomic E-state index is 0.0228. The molecule has 2 N–H and O–H groups in total. The highest BCUT2D eigenvalue weighted by molar-refractivity contribution is 5.90. The van der Waals surface area contributed by atoms with E-state index in [4.69, 9.17) is 4.74 Å². The van der Waals surface area contributed by atoms with E-state index in [1.807, 2.05) is 79.4 Å². The predicted octanol–water partition coefficient (Wildman–Crippen LogP) is 3.04. The molecule has 1 aliphatic rings. The van der Waals surface area contributed by atoms with Crippen molar-refractivity contribution < 1.29 is 19.1 Å². The molecule has 7 heteroatoms. The Balaban J connectivity index is 1.54. The Hall–Kier alpha value is -3.19. The standard InChI is InChI=1S/C27H35N3O4/c1-3-20(2)25(27(33)28-17-21-11-6-4-7-12-21)29-26(32)23-15-10-16-30(23)18-24(31)34-19-22-13-8-5-9-14-22/h4-9,11-14,20,23,25H,3,10,15-19H2,1-2H3,(H,28,33)(H,29,32)/t20?,23-,25-/m0/s1. The third-order valence-electron chi connectivity index (χ3n) is 6.34. The summed E-state index contributed by atoms with van der Waals surface area (Å²) in [6.45, 7) is 5.28. The van der Waals surface area contributed by atoms with Crippen LogP contribution in [-0.4, -0.2) is 47.9 Å². The lowest BCUT2D eigenvalue weighted by atomic mass is 9.97. The Kier molecular flexibility index (Phi) is 9.64. The van der Waals surface area contributed by atoms with Crippen LogP contribution in [0, 0.1) is 5.92 Å². The molecule has 0 bridgehead atoms. The van der Waals surface area contributed by atoms with Gasteiger partial charge in [0.15, 0.2) is 0 Å². The van der Waals surface area contributed by atoms with Crippen molar-refractivity contribution in [2.75, 3.05) is 13.1 Å². The van der Waals surface area contributed by atoms with Crippen LogP contribution < -0.4 is 10.6 Å². The number of nitrogens with one attached hydrogen (secondary N) is 2. The number of rotatable bonds is 11. The van der Waals surface area contributed by atoms with Crippen molar-refractivity contribution in [3.8, 4) is 0 Å². The number of hydrogen-bond acceptors (Lipinski definition) is 5. The molecule has 2 amide bonds. The van der Waals surface area contributed by atoms with Gasteiger partial charge >= 0.3 is 5.97 Å². The molecule has 1 saturated heterocycles. The minimum Gasteiger partial charge on any atom is -0.460 e. The summed E-state index contributed by atoms with van der Waals surface area (Å²) in [7, 11) is 0. The number of carbonyl (C=O) groups excluding carboxylic acids is 3. The first-order valence-electron chi connectivity index (χ1n) is 12.0. The molecule has 0 spiro atoms. The van der Waals surface area contributed by atoms with Gasteiger partial charge in [0.1, 0.15) is 12.6 Å². The quantitative estimate of drug-likeness (QED) is 0.498. The van der Waals surface area contributed by atoms with E-state index < -0.39 is 12.1 Å². The number of hydrogen-bond donors (Lipinski definition) is 2. The van der Waals surface area contributed by atoms with Crippen molar-refractivity contribution in [2.45, 2.75) is 58.3 Å². The van der Waals surface area contributed by atoms with Crippen molar-refractivity contribution in [1.29, 1.82) is 0 Å². The summed E-state index contributed by atoms with van der Waals surface area (Å²) in [6, 6.07) is 18.1. The lowest BCUT2D eigenvalue weighted by Gasteiger charge is -2.28. The minimum atomic E-state index is -0.631. The zero-order valence-electron chi connectivity index (χ0n) is 20.0. The summed E-state index contributed by atoms with van der Waals surface area (Å²) in [5.41, 5.74) is 1.92. The van der Waals surface area contributed by atoms with E-state index in [1.165, 1.54) is 0 Å². The SMILES string of the molecule is CCC(C)[C@H](NC(=O)[C@@H]1CCCN1CC(=O)OCc1ccccc1)C(=O)NCc1ccccc1. The fourth-order valence-corrected chi connectivity index (χ4v) is 4.11. The van der Waals surface area contributed by atoms with Gasteiger partial charge in [-0.15, -0.1) is 0 Å². The van der Waals surface area contributed by atoms with Gasteiger partial charge in [-0.2, -0.15) is 0 Å². The molecule has 1 fully saturated rings. The summed E-state index contributed by atoms with van der Waals surface area (Å²) >= 11 is 0. The number of ether oxygens (including phenoxy) is 1. The van der Waals surface area contributed by atoms with Gasteiger partial charge < -0.3 is 15.4 Å². The third-order valence-corrected chi connectivity index (χ3v) is 6.34. The van der Waals surface area contributed by atoms with E-state index >= 15 is 0 Å². The zero-order chi connectivity index (χ0) is 24.3. The molecule has 1 aliphatic heterocycles. The molecule has 2 aromatic carbocycles. The van der Waals surface area contributed by atoms with Crippen molar-refractivity contribution in [3.63, 3.8) is 0 Å². The Labute approximate surface area is 201 Å². The van der Waals surface area contributed by atoms with Crippen LogP contribution in [0.1, 0.15) is 44.2 Å². The van der Waals surface area contributed by atoms with Crippen LogP contribution in [0.4, 0.5) is 0 Å². The van der Waals surface area contributed by atoms with Gasteiger partial charge in [-0.1, -0.05) is 80.9 Å². The Morgan fingerprint density at radius 3 is 2.32 bits per heavy atom. The van der Waals surface area contributed by atoms with E-state index in [-0.39, 0.29) is 36.9 Å². The molecule has 182 valence electrons. The van der Waals surface area contributed by atoms with E-state index in [2.05, 4.69) is 10.6 Å². The molecular formula is C27H35N3O4. The summed E-state index contributed by atoms with van der Waals surface area (Å²) in [6.07, 6.45) is 2.22. The fourth-order valence-electron chi connectivity index (χ4n) is 4.11. The predicted molar refractivity (Wildman–Crippen MR) is 131 cm³/mol. The van der Waals surface area contributed by atoms with E-state index in [9.17, 15) is 14.4 Å². The molecule has 0 radical (unpaired) electrons. The molecule has 1 heterocycles. The smallest absolute Gasteiger partial charge is 0.320 e. The lowest BCUT2D eigenvalue weighted by Crippen LogP contribution is -2.55. The first-order chi connectivity index (χ1) is 16.5. The van der Waals surface area contributed by atoms with Gasteiger partial charge in [-0.3, -0.25) is 19.3 Å². The highest BCUT2D eigenvalue weighted by atomic mass is 16.5. The van der Waals surface area contributed by atoms with Gasteiger partial charge in [0.25, 0.3) is 0 Å². The summed E-state index contributed by atoms with van der Waals surface area (Å²) in [4.78, 5) is 40.3. The number of nitrogens with zero attached hydrogens (tertiary/aromatic N) is 1. The summed E-state index contributed by atoms with van der Waals surface area (Å²) < 4.78 is 5.39. The van der Waals surface area contributed by atoms with Crippen LogP contribution in [0.2, 0.25) is 0 Å². The second-order valence-electron chi connectivity index (χ2n) is 8.85. The Bertz CT molecular complexity index is 935. The number of likely N-dealkylation sites (tertiary alicyclic amines) is 1. The number of esters is 1. The topological polar surface area (TPSA) is 87.7 Å². The molecule has 3 rings (SSSR count). The maximum absolute atomic E-state index is 13.1. The number of carbonyl (C=O) groups is 3. The van der Waals surface area contributed by atoms with Crippen molar-refractivity contribution in [2.24, 2.45) is 5.92 Å². The van der Waals surface area contributed by atoms with Crippen LogP contribution in [0.25, 0.3) is 0 Å². The highest BCUT2D eigenvalue weighted by Gasteiger charge is 2.35. The van der Waals surface area contributed by atoms with Crippen molar-refractivity contribution in [1.82, 2.24) is 15.5 Å². The van der Waals surface area contributed by atoms with E-state index in [1.54, 1.807) is 0 Å². The maximum atomic E-state index is 13.1. The van der Waals surface area contributed by atoms with E-state index in [0.29, 0.717) is 19.5 Å². The van der Waals surface area contributed by atoms with Crippen molar-refractivity contribution in [3.05, 3.63) is 71.8 Å². The van der Waals surface area contributed by atoms with Gasteiger partial charge in [0, 0.05) is 6.54 Å². The lowest BCUT2D eigenvalue weighted by molar-refractivity contribution is -0.147. The Morgan fingerprint density at radius 1 is 1.03 bits per heavy atom. The first kappa shape index (κ1) is 25.4. The molecule has 0 saturated carbocycles. The van der Waals surface area contributed by atoms with Crippen LogP contribution in [-0.2, 0) is 32.3 Å². The average molecular weight is 466 g/mol. The molecule has 34 heavy (non-hydrogen) atoms. The van der Waals surface area contributed by atoms with Gasteiger partial charge in [0.2, 0.25) is 11.8 Å². The second-order valence-corrected chi connectivity index (χ2v) is 8.85. The summed E-state index contributed by atoms with van der Waals surface area (Å²) in [5.74, 6) is -0.792. The van der Waals surface area contributed by atoms with Crippen LogP contribution in [0.3, 0.4) is 0 Å². The molecular weight excluding hydrogens is 430 g/mol. The van der Waals surface area contributed by atoms with Crippen molar-refractivity contribution >= 4 is 17.8 Å². The molecule has 0 aromatic heterocycles. The van der Waals surface area contributed by atoms with Crippen LogP contribution >= 0.6 is 0 Å². The van der Waals surface area contributed by atoms with Crippen LogP contribution in [0.15, 0.2) is 60.7 Å². The average Bonchev–Trinajstić information content (AvgIpc) is 3.33. The maximum Gasteiger partial charge on any atom is 0.320 e. The number of amides is 2. The molecule has 0 aliphatic carbocycles. The Morgan fingerprint density at radius 2 is 1.68 bits per heavy atom. The zero-order valence-corrected chi connectivity index (χ0v) is 20.0. The number of benzene rings is 2. The molecule has 1 unspecified atom stereocenters.